The number of hydrogen-bond acceptors (Lipinski definition) is 5. The number of nitrogens with zero attached hydrogens (tertiary/aromatic N) is 1. The SMILES string of the molecule is COC(=O)[C@@]1(C#N)C(c2ccc(Cl)cc2)=C2NCCC23c2ccccc2NC31. The first kappa shape index (κ1) is 17.2. The molecule has 2 aromatic rings. The van der Waals surface area contributed by atoms with E-state index in [-0.39, 0.29) is 0 Å². The number of carbonyl (C=O) groups is 1. The van der Waals surface area contributed by atoms with Crippen molar-refractivity contribution in [3.05, 3.63) is 70.4 Å². The molecule has 1 saturated heterocycles. The summed E-state index contributed by atoms with van der Waals surface area (Å²) in [6, 6.07) is 17.2. The lowest BCUT2D eigenvalue weighted by Crippen LogP contribution is -2.50. The molecule has 140 valence electrons. The predicted octanol–water partition coefficient (Wildman–Crippen LogP) is 3.47. The van der Waals surface area contributed by atoms with Crippen molar-refractivity contribution in [1.29, 1.82) is 5.26 Å². The molecule has 3 aliphatic rings. The van der Waals surface area contributed by atoms with Gasteiger partial charge in [-0.2, -0.15) is 5.26 Å². The molecule has 5 nitrogen and oxygen atoms in total. The Morgan fingerprint density at radius 2 is 2.00 bits per heavy atom. The minimum Gasteiger partial charge on any atom is -0.468 e. The van der Waals surface area contributed by atoms with Crippen molar-refractivity contribution in [1.82, 2.24) is 5.32 Å². The number of anilines is 1. The summed E-state index contributed by atoms with van der Waals surface area (Å²) >= 11 is 6.09. The number of nitriles is 1. The minimum atomic E-state index is -1.47. The molecule has 2 aromatic carbocycles. The number of para-hydroxylation sites is 1. The maximum absolute atomic E-state index is 13.2. The molecule has 1 fully saturated rings. The molecule has 1 spiro atoms. The van der Waals surface area contributed by atoms with Crippen LogP contribution in [-0.4, -0.2) is 25.7 Å². The van der Waals surface area contributed by atoms with Crippen LogP contribution < -0.4 is 10.6 Å². The lowest BCUT2D eigenvalue weighted by atomic mass is 9.69. The van der Waals surface area contributed by atoms with Gasteiger partial charge in [-0.3, -0.25) is 0 Å². The van der Waals surface area contributed by atoms with E-state index in [2.05, 4.69) is 22.8 Å². The van der Waals surface area contributed by atoms with Crippen LogP contribution in [0.5, 0.6) is 0 Å². The lowest BCUT2D eigenvalue weighted by Gasteiger charge is -2.33. The Balaban J connectivity index is 1.87. The number of benzene rings is 2. The highest BCUT2D eigenvalue weighted by atomic mass is 35.5. The van der Waals surface area contributed by atoms with Gasteiger partial charge in [0.25, 0.3) is 0 Å². The summed E-state index contributed by atoms with van der Waals surface area (Å²) in [6.45, 7) is 0.779. The minimum absolute atomic E-state index is 0.439. The highest BCUT2D eigenvalue weighted by Gasteiger charge is 2.71. The quantitative estimate of drug-likeness (QED) is 0.767. The van der Waals surface area contributed by atoms with E-state index in [0.717, 1.165) is 35.5 Å². The summed E-state index contributed by atoms with van der Waals surface area (Å²) in [5.74, 6) is -0.548. The van der Waals surface area contributed by atoms with Crippen molar-refractivity contribution in [3.8, 4) is 6.07 Å². The van der Waals surface area contributed by atoms with Crippen molar-refractivity contribution in [2.24, 2.45) is 5.41 Å². The van der Waals surface area contributed by atoms with Crippen LogP contribution in [0.2, 0.25) is 5.02 Å². The van der Waals surface area contributed by atoms with Gasteiger partial charge in [0.15, 0.2) is 0 Å². The van der Waals surface area contributed by atoms with Gasteiger partial charge in [0.1, 0.15) is 0 Å². The molecule has 2 N–H and O–H groups in total. The fraction of sp³-hybridized carbons (Fsp3) is 0.273. The normalized spacial score (nSPS) is 29.2. The van der Waals surface area contributed by atoms with Gasteiger partial charge in [0.2, 0.25) is 5.41 Å². The fourth-order valence-corrected chi connectivity index (χ4v) is 5.45. The molecule has 2 aliphatic heterocycles. The average Bonchev–Trinajstić information content (AvgIpc) is 3.35. The zero-order chi connectivity index (χ0) is 19.5. The molecule has 2 unspecified atom stereocenters. The van der Waals surface area contributed by atoms with Gasteiger partial charge in [0, 0.05) is 28.5 Å². The number of nitrogens with one attached hydrogen (secondary N) is 2. The van der Waals surface area contributed by atoms with E-state index in [0.29, 0.717) is 10.6 Å². The number of ether oxygens (including phenoxy) is 1. The van der Waals surface area contributed by atoms with Crippen LogP contribution in [0.25, 0.3) is 5.57 Å². The Hall–Kier alpha value is -2.97. The number of esters is 1. The Morgan fingerprint density at radius 3 is 2.71 bits per heavy atom. The fourth-order valence-electron chi connectivity index (χ4n) is 5.32. The summed E-state index contributed by atoms with van der Waals surface area (Å²) in [6.07, 6.45) is 0.800. The lowest BCUT2D eigenvalue weighted by molar-refractivity contribution is -0.147. The predicted molar refractivity (Wildman–Crippen MR) is 107 cm³/mol. The van der Waals surface area contributed by atoms with Gasteiger partial charge in [-0.1, -0.05) is 41.9 Å². The zero-order valence-electron chi connectivity index (χ0n) is 15.3. The first-order chi connectivity index (χ1) is 13.6. The van der Waals surface area contributed by atoms with Gasteiger partial charge in [-0.25, -0.2) is 4.79 Å². The second-order valence-electron chi connectivity index (χ2n) is 7.44. The highest BCUT2D eigenvalue weighted by Crippen LogP contribution is 2.65. The third kappa shape index (κ3) is 1.84. The molecule has 0 saturated carbocycles. The van der Waals surface area contributed by atoms with Gasteiger partial charge in [0.05, 0.1) is 24.6 Å². The number of carbonyl (C=O) groups excluding carboxylic acids is 1. The summed E-state index contributed by atoms with van der Waals surface area (Å²) in [5.41, 5.74) is 2.57. The molecule has 0 bridgehead atoms. The molecule has 2 heterocycles. The molecular weight excluding hydrogens is 374 g/mol. The van der Waals surface area contributed by atoms with E-state index in [1.807, 2.05) is 30.3 Å². The van der Waals surface area contributed by atoms with Crippen molar-refractivity contribution in [2.45, 2.75) is 17.9 Å². The molecule has 0 aromatic heterocycles. The Labute approximate surface area is 168 Å². The maximum atomic E-state index is 13.2. The zero-order valence-corrected chi connectivity index (χ0v) is 16.0. The first-order valence-corrected chi connectivity index (χ1v) is 9.58. The standard InChI is InChI=1S/C22H18ClN3O2/c1-28-20(27)22(12-24)17(13-6-8-14(23)9-7-13)18-21(10-11-25-18)15-4-2-3-5-16(15)26-19(21)22/h2-9,19,25-26H,10-11H2,1H3/t19?,21?,22-/m0/s1. The molecule has 3 atom stereocenters. The van der Waals surface area contributed by atoms with E-state index >= 15 is 0 Å². The molecule has 28 heavy (non-hydrogen) atoms. The summed E-state index contributed by atoms with van der Waals surface area (Å²) in [4.78, 5) is 13.2. The summed E-state index contributed by atoms with van der Waals surface area (Å²) < 4.78 is 5.18. The third-order valence-electron chi connectivity index (χ3n) is 6.36. The van der Waals surface area contributed by atoms with Gasteiger partial charge in [-0.15, -0.1) is 0 Å². The van der Waals surface area contributed by atoms with E-state index in [4.69, 9.17) is 16.3 Å². The molecule has 1 aliphatic carbocycles. The second-order valence-corrected chi connectivity index (χ2v) is 7.88. The van der Waals surface area contributed by atoms with E-state index in [1.54, 1.807) is 12.1 Å². The monoisotopic (exact) mass is 391 g/mol. The summed E-state index contributed by atoms with van der Waals surface area (Å²) in [7, 11) is 1.34. The summed E-state index contributed by atoms with van der Waals surface area (Å²) in [5, 5.41) is 18.0. The number of rotatable bonds is 2. The van der Waals surface area contributed by atoms with Crippen LogP contribution in [0.1, 0.15) is 17.5 Å². The number of methoxy groups -OCH3 is 1. The van der Waals surface area contributed by atoms with Gasteiger partial charge in [-0.05, 0) is 35.7 Å². The first-order valence-electron chi connectivity index (χ1n) is 9.20. The van der Waals surface area contributed by atoms with Crippen LogP contribution in [0.4, 0.5) is 5.69 Å². The average molecular weight is 392 g/mol. The molecule has 5 rings (SSSR count). The molecular formula is C22H18ClN3O2. The van der Waals surface area contributed by atoms with Crippen molar-refractivity contribution in [2.75, 3.05) is 19.0 Å². The third-order valence-corrected chi connectivity index (χ3v) is 6.61. The largest absolute Gasteiger partial charge is 0.468 e. The van der Waals surface area contributed by atoms with E-state index in [9.17, 15) is 10.1 Å². The smallest absolute Gasteiger partial charge is 0.333 e. The Morgan fingerprint density at radius 1 is 1.25 bits per heavy atom. The number of halogens is 1. The molecule has 6 heteroatoms. The van der Waals surface area contributed by atoms with E-state index in [1.165, 1.54) is 7.11 Å². The molecule has 0 radical (unpaired) electrons. The Kier molecular flexibility index (Phi) is 3.53. The van der Waals surface area contributed by atoms with Crippen LogP contribution in [0, 0.1) is 16.7 Å². The second kappa shape index (κ2) is 5.76. The number of fused-ring (bicyclic) bond motifs is 1. The van der Waals surface area contributed by atoms with Crippen molar-refractivity contribution in [3.63, 3.8) is 0 Å². The Bertz CT molecular complexity index is 1070. The van der Waals surface area contributed by atoms with Crippen molar-refractivity contribution >= 4 is 28.8 Å². The van der Waals surface area contributed by atoms with E-state index < -0.39 is 22.8 Å². The topological polar surface area (TPSA) is 74.2 Å². The van der Waals surface area contributed by atoms with Gasteiger partial charge < -0.3 is 15.4 Å². The highest BCUT2D eigenvalue weighted by molar-refractivity contribution is 6.30. The van der Waals surface area contributed by atoms with Crippen LogP contribution in [0.15, 0.2) is 54.2 Å². The van der Waals surface area contributed by atoms with Crippen LogP contribution in [0.3, 0.4) is 0 Å². The van der Waals surface area contributed by atoms with Crippen molar-refractivity contribution < 1.29 is 9.53 Å². The van der Waals surface area contributed by atoms with Crippen LogP contribution in [-0.2, 0) is 14.9 Å². The van der Waals surface area contributed by atoms with Gasteiger partial charge >= 0.3 is 5.97 Å². The maximum Gasteiger partial charge on any atom is 0.333 e. The number of hydrogen-bond donors (Lipinski definition) is 2. The molecule has 0 amide bonds. The van der Waals surface area contributed by atoms with Crippen LogP contribution >= 0.6 is 11.6 Å².